The van der Waals surface area contributed by atoms with Crippen LogP contribution in [-0.2, 0) is 16.2 Å². The van der Waals surface area contributed by atoms with Gasteiger partial charge in [0, 0.05) is 82.3 Å². The molecule has 3 aromatic heterocycles. The molecule has 0 aliphatic heterocycles. The van der Waals surface area contributed by atoms with Crippen molar-refractivity contribution in [3.05, 3.63) is 428 Å². The molecule has 0 saturated carbocycles. The number of hydrogen-bond acceptors (Lipinski definition) is 0. The molecular formula is C117H83N3. The molecule has 23 aromatic rings. The van der Waals surface area contributed by atoms with Gasteiger partial charge >= 0.3 is 0 Å². The Labute approximate surface area is 697 Å². The minimum Gasteiger partial charge on any atom is -0.309 e. The molecule has 3 heteroatoms. The maximum absolute atomic E-state index is 2.49. The van der Waals surface area contributed by atoms with E-state index in [-0.39, 0.29) is 16.2 Å². The summed E-state index contributed by atoms with van der Waals surface area (Å²) < 4.78 is 7.44. The highest BCUT2D eigenvalue weighted by molar-refractivity contribution is 6.30. The number of rotatable bonds is 5. The largest absolute Gasteiger partial charge is 0.309 e. The van der Waals surface area contributed by atoms with Crippen LogP contribution in [0, 0.1) is 0 Å². The Morgan fingerprint density at radius 1 is 0.167 bits per heavy atom. The normalized spacial score (nSPS) is 13.8. The van der Waals surface area contributed by atoms with Gasteiger partial charge < -0.3 is 13.7 Å². The van der Waals surface area contributed by atoms with Crippen LogP contribution in [0.15, 0.2) is 394 Å². The molecule has 0 fully saturated rings. The molecule has 3 aliphatic rings. The van der Waals surface area contributed by atoms with Gasteiger partial charge in [-0.05, 0) is 228 Å². The summed E-state index contributed by atoms with van der Waals surface area (Å²) in [6.07, 6.45) is 0. The van der Waals surface area contributed by atoms with E-state index >= 15 is 0 Å². The number of aromatic nitrogens is 3. The van der Waals surface area contributed by atoms with Gasteiger partial charge in [-0.2, -0.15) is 0 Å². The highest BCUT2D eigenvalue weighted by Gasteiger charge is 2.39. The van der Waals surface area contributed by atoms with Crippen molar-refractivity contribution in [2.75, 3.05) is 0 Å². The minimum absolute atomic E-state index is 0.0543. The highest BCUT2D eigenvalue weighted by atomic mass is 15.0. The Kier molecular flexibility index (Phi) is 15.2. The summed E-state index contributed by atoms with van der Waals surface area (Å²) in [5.74, 6) is 0. The summed E-state index contributed by atoms with van der Waals surface area (Å²) in [5.41, 5.74) is 32.4. The number of nitrogens with zero attached hydrogens (tertiary/aromatic N) is 3. The zero-order valence-corrected chi connectivity index (χ0v) is 67.9. The maximum Gasteiger partial charge on any atom is 0.0553 e. The van der Waals surface area contributed by atoms with Gasteiger partial charge in [-0.15, -0.1) is 0 Å². The van der Waals surface area contributed by atoms with E-state index in [9.17, 15) is 0 Å². The monoisotopic (exact) mass is 1530 g/mol. The standard InChI is InChI=1S/2C41H29N.C35H25N/c1-41(2)34-20-9-8-19-32(34)40-38-30(17-11-21-35(38)41)25-37-39(40)33-23-28-14-6-7-15-29(28)24-36(33)42(37)31-18-10-16-27(22-31)26-12-4-3-5-13-26;1-41(2)34-17-9-8-16-32(34)40-38-30(15-10-18-35(38)41)25-37-39(40)33-23-28-13-6-7-14-29(28)24-36(33)42(37)31-21-19-27(20-22-31)26-11-4-3-5-12-26;1-35(2)28-17-9-8-16-26(28)34-32-24(13-10-18-29(32)35)21-31-33(34)27-19-22-11-6-7-12-23(22)20-30(27)36(31)25-14-4-3-5-15-25/h2*3-25H,1-2H3;3-21H,1-2H3. The topological polar surface area (TPSA) is 14.8 Å². The van der Waals surface area contributed by atoms with Crippen LogP contribution in [0.25, 0.3) is 203 Å². The van der Waals surface area contributed by atoms with Crippen LogP contribution in [-0.4, -0.2) is 13.7 Å². The summed E-state index contributed by atoms with van der Waals surface area (Å²) in [5, 5.41) is 23.6. The van der Waals surface area contributed by atoms with Crippen molar-refractivity contribution in [1.82, 2.24) is 13.7 Å². The molecule has 0 amide bonds. The number of benzene rings is 20. The van der Waals surface area contributed by atoms with Gasteiger partial charge in [0.2, 0.25) is 0 Å². The molecule has 0 N–H and O–H groups in total. The fourth-order valence-corrected chi connectivity index (χ4v) is 21.7. The minimum atomic E-state index is -0.0775. The first-order valence-electron chi connectivity index (χ1n) is 42.3. The van der Waals surface area contributed by atoms with Crippen molar-refractivity contribution < 1.29 is 0 Å². The lowest BCUT2D eigenvalue weighted by molar-refractivity contribution is 0.645. The van der Waals surface area contributed by atoms with Crippen molar-refractivity contribution >= 4 is 130 Å². The van der Waals surface area contributed by atoms with Crippen LogP contribution in [0.5, 0.6) is 0 Å². The van der Waals surface area contributed by atoms with E-state index in [0.29, 0.717) is 0 Å². The van der Waals surface area contributed by atoms with Gasteiger partial charge in [-0.25, -0.2) is 0 Å². The van der Waals surface area contributed by atoms with E-state index in [1.54, 1.807) is 0 Å². The second-order valence-corrected chi connectivity index (χ2v) is 35.0. The third-order valence-electron chi connectivity index (χ3n) is 27.4. The molecule has 20 aromatic carbocycles. The summed E-state index contributed by atoms with van der Waals surface area (Å²) in [6, 6.07) is 146. The van der Waals surface area contributed by atoms with Crippen molar-refractivity contribution in [3.8, 4) is 72.7 Å². The van der Waals surface area contributed by atoms with Crippen LogP contribution in [0.1, 0.15) is 74.9 Å². The van der Waals surface area contributed by atoms with E-state index in [1.807, 2.05) is 0 Å². The number of para-hydroxylation sites is 1. The SMILES string of the molecule is CC1(C)c2ccccc2-c2c3c1cccc3cc1c2c2cc3ccccc3cc2n1-c1ccc(-c2ccccc2)cc1.CC1(C)c2ccccc2-c2c3c1cccc3cc1c2c2cc3ccccc3cc2n1-c1cccc(-c2ccccc2)c1.CC1(C)c2ccccc2-c2c3c1cccc3cc1c2c2cc3ccccc3cc2n1-c1ccccc1. The molecule has 3 aliphatic carbocycles. The second kappa shape index (κ2) is 26.2. The molecule has 0 saturated heterocycles. The first kappa shape index (κ1) is 69.6. The van der Waals surface area contributed by atoms with E-state index in [0.717, 1.165) is 0 Å². The van der Waals surface area contributed by atoms with Crippen LogP contribution in [0.2, 0.25) is 0 Å². The molecule has 0 atom stereocenters. The maximum atomic E-state index is 2.49. The van der Waals surface area contributed by atoms with Gasteiger partial charge in [0.1, 0.15) is 0 Å². The van der Waals surface area contributed by atoms with Crippen molar-refractivity contribution in [3.63, 3.8) is 0 Å². The highest BCUT2D eigenvalue weighted by Crippen LogP contribution is 2.58. The van der Waals surface area contributed by atoms with Crippen molar-refractivity contribution in [2.45, 2.75) is 57.8 Å². The Bertz CT molecular complexity index is 8270. The second-order valence-electron chi connectivity index (χ2n) is 35.0. The zero-order valence-electron chi connectivity index (χ0n) is 67.9. The molecule has 0 radical (unpaired) electrons. The van der Waals surface area contributed by atoms with E-state index in [4.69, 9.17) is 0 Å². The summed E-state index contributed by atoms with van der Waals surface area (Å²) in [6.45, 7) is 14.2. The Morgan fingerprint density at radius 2 is 0.417 bits per heavy atom. The van der Waals surface area contributed by atoms with E-state index in [2.05, 4.69) is 450 Å². The predicted octanol–water partition coefficient (Wildman–Crippen LogP) is 31.5. The van der Waals surface area contributed by atoms with Gasteiger partial charge in [0.05, 0.1) is 33.1 Å². The summed E-state index contributed by atoms with van der Waals surface area (Å²) in [4.78, 5) is 0. The lowest BCUT2D eigenvalue weighted by Crippen LogP contribution is -2.23. The average Bonchev–Trinajstić information content (AvgIpc) is 1.45. The van der Waals surface area contributed by atoms with Crippen molar-refractivity contribution in [1.29, 1.82) is 0 Å². The predicted molar refractivity (Wildman–Crippen MR) is 511 cm³/mol. The molecule has 0 spiro atoms. The van der Waals surface area contributed by atoms with Gasteiger partial charge in [-0.3, -0.25) is 0 Å². The smallest absolute Gasteiger partial charge is 0.0553 e. The molecule has 0 bridgehead atoms. The molecule has 0 unspecified atom stereocenters. The average molecular weight is 1530 g/mol. The lowest BCUT2D eigenvalue weighted by atomic mass is 9.68. The fraction of sp³-hybridized carbons (Fsp3) is 0.0769. The first-order valence-corrected chi connectivity index (χ1v) is 42.3. The Hall–Kier alpha value is -14.6. The zero-order chi connectivity index (χ0) is 80.0. The summed E-state index contributed by atoms with van der Waals surface area (Å²) in [7, 11) is 0. The molecule has 566 valence electrons. The molecule has 3 nitrogen and oxygen atoms in total. The molecule has 120 heavy (non-hydrogen) atoms. The Morgan fingerprint density at radius 3 is 0.792 bits per heavy atom. The summed E-state index contributed by atoms with van der Waals surface area (Å²) >= 11 is 0. The molecule has 26 rings (SSSR count). The quantitative estimate of drug-likeness (QED) is 0.163. The van der Waals surface area contributed by atoms with Gasteiger partial charge in [0.25, 0.3) is 0 Å². The number of hydrogen-bond donors (Lipinski definition) is 0. The van der Waals surface area contributed by atoms with E-state index in [1.165, 1.54) is 236 Å². The third kappa shape index (κ3) is 10.2. The fourth-order valence-electron chi connectivity index (χ4n) is 21.7. The van der Waals surface area contributed by atoms with E-state index < -0.39 is 0 Å². The molecular weight excluding hydrogens is 1450 g/mol. The number of fused-ring (bicyclic) bond motifs is 21. The molecule has 3 heterocycles. The third-order valence-corrected chi connectivity index (χ3v) is 27.4. The lowest BCUT2D eigenvalue weighted by Gasteiger charge is -2.35. The van der Waals surface area contributed by atoms with Crippen LogP contribution >= 0.6 is 0 Å². The van der Waals surface area contributed by atoms with Crippen LogP contribution < -0.4 is 0 Å². The van der Waals surface area contributed by atoms with Crippen molar-refractivity contribution in [2.24, 2.45) is 0 Å². The van der Waals surface area contributed by atoms with Crippen LogP contribution in [0.4, 0.5) is 0 Å². The van der Waals surface area contributed by atoms with Gasteiger partial charge in [0.15, 0.2) is 0 Å². The van der Waals surface area contributed by atoms with Crippen LogP contribution in [0.3, 0.4) is 0 Å². The Balaban J connectivity index is 0.000000103. The first-order chi connectivity index (χ1) is 58.8. The van der Waals surface area contributed by atoms with Gasteiger partial charge in [-0.1, -0.05) is 345 Å².